The number of amides is 2. The van der Waals surface area contributed by atoms with E-state index in [9.17, 15) is 19.5 Å². The van der Waals surface area contributed by atoms with Gasteiger partial charge in [-0.1, -0.05) is 49.3 Å². The van der Waals surface area contributed by atoms with Crippen molar-refractivity contribution in [3.05, 3.63) is 49.6 Å². The van der Waals surface area contributed by atoms with Crippen LogP contribution in [0.2, 0.25) is 0 Å². The summed E-state index contributed by atoms with van der Waals surface area (Å²) >= 11 is 1.65. The summed E-state index contributed by atoms with van der Waals surface area (Å²) in [7, 11) is 0. The lowest BCUT2D eigenvalue weighted by Gasteiger charge is -2.40. The summed E-state index contributed by atoms with van der Waals surface area (Å²) in [5, 5.41) is 17.7. The van der Waals surface area contributed by atoms with Crippen molar-refractivity contribution in [1.29, 1.82) is 0 Å². The predicted molar refractivity (Wildman–Crippen MR) is 161 cm³/mol. The number of nitrogens with zero attached hydrogens (tertiary/aromatic N) is 5. The van der Waals surface area contributed by atoms with Crippen LogP contribution in [-0.4, -0.2) is 90.0 Å². The van der Waals surface area contributed by atoms with Gasteiger partial charge in [-0.2, -0.15) is 0 Å². The first-order chi connectivity index (χ1) is 20.4. The number of thioether (sulfide) groups is 1. The van der Waals surface area contributed by atoms with Crippen molar-refractivity contribution in [3.8, 4) is 0 Å². The minimum atomic E-state index is -0.726. The van der Waals surface area contributed by atoms with Gasteiger partial charge in [0, 0.05) is 24.9 Å². The first-order valence-corrected chi connectivity index (χ1v) is 15.8. The molecule has 226 valence electrons. The lowest BCUT2D eigenvalue weighted by atomic mass is 9.66. The molecule has 2 amide bonds. The number of unbranched alkanes of at least 4 members (excludes halogenated alkanes) is 3. The number of fused-ring (bicyclic) bond motifs is 2. The molecule has 5 rings (SSSR count). The molecule has 3 saturated heterocycles. The fourth-order valence-corrected chi connectivity index (χ4v) is 9.53. The number of benzene rings is 1. The highest BCUT2D eigenvalue weighted by atomic mass is 32.2. The minimum absolute atomic E-state index is 0.0600. The molecule has 0 aliphatic carbocycles. The third kappa shape index (κ3) is 5.25. The number of rotatable bonds is 15. The van der Waals surface area contributed by atoms with E-state index in [1.807, 2.05) is 24.3 Å². The van der Waals surface area contributed by atoms with E-state index >= 15 is 0 Å². The Balaban J connectivity index is 1.48. The number of ether oxygens (including phenoxy) is 1. The summed E-state index contributed by atoms with van der Waals surface area (Å²) in [5.74, 6) is -1.78. The molecule has 3 aliphatic rings. The molecule has 11 heteroatoms. The fourth-order valence-electron chi connectivity index (χ4n) is 7.12. The molecule has 10 nitrogen and oxygen atoms in total. The van der Waals surface area contributed by atoms with Gasteiger partial charge in [0.2, 0.25) is 11.8 Å². The fraction of sp³-hybridized carbons (Fsp3) is 0.581. The first kappa shape index (κ1) is 30.3. The van der Waals surface area contributed by atoms with Crippen molar-refractivity contribution in [1.82, 2.24) is 24.8 Å². The lowest BCUT2D eigenvalue weighted by molar-refractivity contribution is -0.154. The van der Waals surface area contributed by atoms with Crippen LogP contribution < -0.4 is 0 Å². The smallest absolute Gasteiger partial charge is 0.310 e. The molecular formula is C31H41N5O5S. The molecule has 3 unspecified atom stereocenters. The van der Waals surface area contributed by atoms with E-state index in [0.29, 0.717) is 25.8 Å². The number of hydrogen-bond donors (Lipinski definition) is 1. The van der Waals surface area contributed by atoms with Gasteiger partial charge in [-0.05, 0) is 43.7 Å². The van der Waals surface area contributed by atoms with Gasteiger partial charge in [-0.25, -0.2) is 4.68 Å². The standard InChI is InChI=1S/C31H41N5O5S/c1-4-6-18-41-30(40)25-24-19-21(3)31(42-24)26(25)28(38)35(16-11-7-8-12-17-37)27(31)29(39)34(15-5-2)20-36-23-14-10-9-13-22(23)32-33-36/h4-5,9-10,13-14,21,24-27,37H,1-2,6-8,11-12,15-20H2,3H3/t21?,24-,25+,26-,27?,31?/m0/s1. The Bertz CT molecular complexity index is 1330. The first-order valence-electron chi connectivity index (χ1n) is 14.9. The van der Waals surface area contributed by atoms with Crippen molar-refractivity contribution >= 4 is 40.6 Å². The zero-order valence-corrected chi connectivity index (χ0v) is 25.1. The molecule has 2 bridgehead atoms. The van der Waals surface area contributed by atoms with E-state index in [-0.39, 0.29) is 55.4 Å². The van der Waals surface area contributed by atoms with Crippen LogP contribution in [0.15, 0.2) is 49.6 Å². The Labute approximate surface area is 251 Å². The zero-order chi connectivity index (χ0) is 29.9. The Kier molecular flexibility index (Phi) is 9.37. The van der Waals surface area contributed by atoms with Crippen molar-refractivity contribution in [2.24, 2.45) is 17.8 Å². The maximum absolute atomic E-state index is 14.7. The van der Waals surface area contributed by atoms with Crippen molar-refractivity contribution in [3.63, 3.8) is 0 Å². The number of hydrogen-bond acceptors (Lipinski definition) is 8. The molecule has 1 aromatic heterocycles. The van der Waals surface area contributed by atoms with Crippen LogP contribution in [0, 0.1) is 17.8 Å². The molecular weight excluding hydrogens is 554 g/mol. The van der Waals surface area contributed by atoms with Crippen LogP contribution in [0.1, 0.15) is 45.4 Å². The number of carbonyl (C=O) groups is 3. The second kappa shape index (κ2) is 13.0. The van der Waals surface area contributed by atoms with Crippen LogP contribution in [0.25, 0.3) is 11.0 Å². The average Bonchev–Trinajstić information content (AvgIpc) is 3.70. The Morgan fingerprint density at radius 2 is 2.00 bits per heavy atom. The normalized spacial score (nSPS) is 27.8. The van der Waals surface area contributed by atoms with E-state index in [0.717, 1.165) is 30.3 Å². The lowest BCUT2D eigenvalue weighted by Crippen LogP contribution is -2.57. The van der Waals surface area contributed by atoms with Crippen LogP contribution in [-0.2, 0) is 25.8 Å². The molecule has 1 aromatic carbocycles. The highest BCUT2D eigenvalue weighted by Gasteiger charge is 2.76. The zero-order valence-electron chi connectivity index (χ0n) is 24.3. The minimum Gasteiger partial charge on any atom is -0.465 e. The molecule has 6 atom stereocenters. The molecule has 3 fully saturated rings. The number of likely N-dealkylation sites (tertiary alicyclic amines) is 1. The number of carbonyl (C=O) groups excluding carboxylic acids is 3. The van der Waals surface area contributed by atoms with Gasteiger partial charge < -0.3 is 19.6 Å². The monoisotopic (exact) mass is 595 g/mol. The van der Waals surface area contributed by atoms with E-state index in [2.05, 4.69) is 30.4 Å². The molecule has 2 aromatic rings. The Hall–Kier alpha value is -3.18. The Morgan fingerprint density at radius 3 is 2.76 bits per heavy atom. The van der Waals surface area contributed by atoms with Crippen molar-refractivity contribution < 1.29 is 24.2 Å². The Morgan fingerprint density at radius 1 is 1.21 bits per heavy atom. The number of aliphatic hydroxyl groups is 1. The van der Waals surface area contributed by atoms with Gasteiger partial charge >= 0.3 is 5.97 Å². The highest BCUT2D eigenvalue weighted by molar-refractivity contribution is 8.02. The number of aromatic nitrogens is 3. The van der Waals surface area contributed by atoms with Crippen LogP contribution in [0.5, 0.6) is 0 Å². The molecule has 4 heterocycles. The maximum atomic E-state index is 14.7. The summed E-state index contributed by atoms with van der Waals surface area (Å²) in [4.78, 5) is 45.8. The highest BCUT2D eigenvalue weighted by Crippen LogP contribution is 2.68. The van der Waals surface area contributed by atoms with Crippen LogP contribution in [0.3, 0.4) is 0 Å². The van der Waals surface area contributed by atoms with E-state index in [4.69, 9.17) is 4.74 Å². The van der Waals surface area contributed by atoms with Gasteiger partial charge in [-0.3, -0.25) is 14.4 Å². The summed E-state index contributed by atoms with van der Waals surface area (Å²) < 4.78 is 6.59. The van der Waals surface area contributed by atoms with E-state index < -0.39 is 22.6 Å². The maximum Gasteiger partial charge on any atom is 0.310 e. The number of para-hydroxylation sites is 1. The molecule has 3 aliphatic heterocycles. The molecule has 1 N–H and O–H groups in total. The van der Waals surface area contributed by atoms with Crippen molar-refractivity contribution in [2.75, 3.05) is 26.3 Å². The summed E-state index contributed by atoms with van der Waals surface area (Å²) in [6.07, 6.45) is 7.78. The topological polar surface area (TPSA) is 118 Å². The summed E-state index contributed by atoms with van der Waals surface area (Å²) in [6.45, 7) is 10.9. The van der Waals surface area contributed by atoms with Gasteiger partial charge in [0.05, 0.1) is 28.7 Å². The van der Waals surface area contributed by atoms with Gasteiger partial charge in [0.25, 0.3) is 0 Å². The second-order valence-electron chi connectivity index (χ2n) is 11.5. The molecule has 1 spiro atoms. The largest absolute Gasteiger partial charge is 0.465 e. The van der Waals surface area contributed by atoms with Crippen molar-refractivity contribution in [2.45, 2.75) is 68.2 Å². The summed E-state index contributed by atoms with van der Waals surface area (Å²) in [5.41, 5.74) is 1.55. The average molecular weight is 596 g/mol. The number of esters is 1. The third-order valence-electron chi connectivity index (χ3n) is 9.01. The van der Waals surface area contributed by atoms with E-state index in [1.54, 1.807) is 38.4 Å². The van der Waals surface area contributed by atoms with Crippen LogP contribution in [0.4, 0.5) is 0 Å². The van der Waals surface area contributed by atoms with E-state index in [1.165, 1.54) is 0 Å². The summed E-state index contributed by atoms with van der Waals surface area (Å²) in [6, 6.07) is 6.86. The second-order valence-corrected chi connectivity index (χ2v) is 13.1. The SMILES string of the molecule is C=CCCOC(=O)[C@@H]1[C@@H]2CC(C)C3(S2)C(C(=O)N(CC=C)Cn2nnc4ccccc42)N(CCCCCCO)C(=O)[C@H]13. The third-order valence-corrected chi connectivity index (χ3v) is 11.1. The quantitative estimate of drug-likeness (QED) is 0.189. The molecule has 0 saturated carbocycles. The van der Waals surface area contributed by atoms with Gasteiger partial charge in [-0.15, -0.1) is 30.0 Å². The molecule has 42 heavy (non-hydrogen) atoms. The predicted octanol–water partition coefficient (Wildman–Crippen LogP) is 3.41. The van der Waals surface area contributed by atoms with Gasteiger partial charge in [0.15, 0.2) is 0 Å². The van der Waals surface area contributed by atoms with Gasteiger partial charge in [0.1, 0.15) is 18.2 Å². The number of aliphatic hydroxyl groups excluding tert-OH is 1. The molecule has 0 radical (unpaired) electrons. The van der Waals surface area contributed by atoms with Crippen LogP contribution >= 0.6 is 11.8 Å².